The third kappa shape index (κ3) is 2.43. The van der Waals surface area contributed by atoms with Crippen molar-refractivity contribution in [3.63, 3.8) is 0 Å². The Hall–Kier alpha value is -0.660. The van der Waals surface area contributed by atoms with Crippen LogP contribution in [-0.2, 0) is 5.75 Å². The first-order valence-electron chi connectivity index (χ1n) is 3.89. The SMILES string of the molecule is CNc1nnc(SCc2cscn2)s1. The normalized spacial score (nSPS) is 10.4. The number of nitrogens with one attached hydrogen (secondary N) is 1. The van der Waals surface area contributed by atoms with E-state index in [1.54, 1.807) is 34.4 Å². The maximum absolute atomic E-state index is 4.20. The first kappa shape index (κ1) is 9.88. The van der Waals surface area contributed by atoms with Crippen LogP contribution in [0.2, 0.25) is 0 Å². The van der Waals surface area contributed by atoms with E-state index in [1.165, 1.54) is 0 Å². The monoisotopic (exact) mass is 244 g/mol. The Kier molecular flexibility index (Phi) is 3.33. The molecule has 2 rings (SSSR count). The average molecular weight is 244 g/mol. The summed E-state index contributed by atoms with van der Waals surface area (Å²) in [7, 11) is 1.84. The lowest BCUT2D eigenvalue weighted by Crippen LogP contribution is -1.84. The Morgan fingerprint density at radius 3 is 3.07 bits per heavy atom. The maximum atomic E-state index is 4.20. The number of nitrogens with zero attached hydrogens (tertiary/aromatic N) is 3. The molecule has 0 radical (unpaired) electrons. The molecule has 0 aliphatic heterocycles. The number of aromatic nitrogens is 3. The van der Waals surface area contributed by atoms with Crippen molar-refractivity contribution in [1.29, 1.82) is 0 Å². The molecule has 0 fully saturated rings. The minimum atomic E-state index is 0.853. The lowest BCUT2D eigenvalue weighted by atomic mass is 10.6. The van der Waals surface area contributed by atoms with E-state index in [1.807, 2.05) is 17.9 Å². The summed E-state index contributed by atoms with van der Waals surface area (Å²) in [5.41, 5.74) is 2.94. The van der Waals surface area contributed by atoms with Crippen LogP contribution in [0.4, 0.5) is 5.13 Å². The molecule has 2 aromatic heterocycles. The van der Waals surface area contributed by atoms with Gasteiger partial charge in [0.25, 0.3) is 0 Å². The van der Waals surface area contributed by atoms with Crippen molar-refractivity contribution in [2.45, 2.75) is 10.1 Å². The number of hydrogen-bond acceptors (Lipinski definition) is 7. The highest BCUT2D eigenvalue weighted by atomic mass is 32.2. The fraction of sp³-hybridized carbons (Fsp3) is 0.286. The first-order valence-corrected chi connectivity index (χ1v) is 6.64. The predicted octanol–water partition coefficient (Wildman–Crippen LogP) is 2.33. The van der Waals surface area contributed by atoms with E-state index < -0.39 is 0 Å². The fourth-order valence-corrected chi connectivity index (χ4v) is 3.09. The molecule has 2 heterocycles. The summed E-state index contributed by atoms with van der Waals surface area (Å²) in [6, 6.07) is 0. The number of hydrogen-bond donors (Lipinski definition) is 1. The van der Waals surface area contributed by atoms with E-state index in [-0.39, 0.29) is 0 Å². The molecule has 2 aromatic rings. The Labute approximate surface area is 93.8 Å². The van der Waals surface area contributed by atoms with Crippen molar-refractivity contribution in [2.75, 3.05) is 12.4 Å². The van der Waals surface area contributed by atoms with Crippen LogP contribution >= 0.6 is 34.4 Å². The van der Waals surface area contributed by atoms with Gasteiger partial charge in [-0.05, 0) is 0 Å². The van der Waals surface area contributed by atoms with Crippen molar-refractivity contribution in [1.82, 2.24) is 15.2 Å². The lowest BCUT2D eigenvalue weighted by Gasteiger charge is -1.90. The van der Waals surface area contributed by atoms with Crippen molar-refractivity contribution in [3.8, 4) is 0 Å². The highest BCUT2D eigenvalue weighted by Gasteiger charge is 2.03. The van der Waals surface area contributed by atoms with E-state index in [2.05, 4.69) is 20.5 Å². The molecule has 14 heavy (non-hydrogen) atoms. The van der Waals surface area contributed by atoms with Gasteiger partial charge in [0.1, 0.15) is 0 Å². The predicted molar refractivity (Wildman–Crippen MR) is 61.1 cm³/mol. The molecule has 0 saturated heterocycles. The molecule has 0 atom stereocenters. The van der Waals surface area contributed by atoms with Gasteiger partial charge in [-0.15, -0.1) is 21.5 Å². The van der Waals surface area contributed by atoms with Crippen LogP contribution in [0.25, 0.3) is 0 Å². The van der Waals surface area contributed by atoms with E-state index in [0.29, 0.717) is 0 Å². The van der Waals surface area contributed by atoms with Crippen LogP contribution in [-0.4, -0.2) is 22.2 Å². The van der Waals surface area contributed by atoms with Crippen molar-refractivity contribution in [3.05, 3.63) is 16.6 Å². The summed E-state index contributed by atoms with van der Waals surface area (Å²) >= 11 is 4.84. The van der Waals surface area contributed by atoms with Crippen LogP contribution < -0.4 is 5.32 Å². The second kappa shape index (κ2) is 4.72. The van der Waals surface area contributed by atoms with Crippen LogP contribution in [0.15, 0.2) is 15.2 Å². The second-order valence-electron chi connectivity index (χ2n) is 2.39. The molecular formula is C7H8N4S3. The summed E-state index contributed by atoms with van der Waals surface area (Å²) in [4.78, 5) is 4.20. The molecule has 0 aliphatic carbocycles. The van der Waals surface area contributed by atoms with Crippen LogP contribution in [0.1, 0.15) is 5.69 Å². The second-order valence-corrected chi connectivity index (χ2v) is 5.31. The van der Waals surface area contributed by atoms with Gasteiger partial charge >= 0.3 is 0 Å². The first-order chi connectivity index (χ1) is 6.88. The Morgan fingerprint density at radius 1 is 1.50 bits per heavy atom. The van der Waals surface area contributed by atoms with Gasteiger partial charge in [0, 0.05) is 18.2 Å². The topological polar surface area (TPSA) is 50.7 Å². The number of thioether (sulfide) groups is 1. The maximum Gasteiger partial charge on any atom is 0.206 e. The van der Waals surface area contributed by atoms with E-state index >= 15 is 0 Å². The van der Waals surface area contributed by atoms with Crippen LogP contribution in [0.3, 0.4) is 0 Å². The fourth-order valence-electron chi connectivity index (χ4n) is 0.814. The molecule has 0 amide bonds. The minimum Gasteiger partial charge on any atom is -0.363 e. The molecule has 0 bridgehead atoms. The van der Waals surface area contributed by atoms with E-state index in [0.717, 1.165) is 20.9 Å². The molecule has 7 heteroatoms. The molecule has 0 saturated carbocycles. The van der Waals surface area contributed by atoms with E-state index in [4.69, 9.17) is 0 Å². The zero-order valence-corrected chi connectivity index (χ0v) is 9.88. The van der Waals surface area contributed by atoms with Crippen molar-refractivity contribution >= 4 is 39.6 Å². The molecule has 4 nitrogen and oxygen atoms in total. The molecule has 0 aliphatic rings. The molecule has 0 unspecified atom stereocenters. The van der Waals surface area contributed by atoms with Gasteiger partial charge in [0.15, 0.2) is 4.34 Å². The highest BCUT2D eigenvalue weighted by molar-refractivity contribution is 8.00. The molecule has 0 spiro atoms. The Morgan fingerprint density at radius 2 is 2.43 bits per heavy atom. The van der Waals surface area contributed by atoms with Gasteiger partial charge in [0.2, 0.25) is 5.13 Å². The molecule has 1 N–H and O–H groups in total. The standard InChI is InChI=1S/C7H8N4S3/c1-8-6-10-11-7(14-6)13-3-5-2-12-4-9-5/h2,4H,3H2,1H3,(H,8,10). The third-order valence-corrected chi connectivity index (χ3v) is 4.19. The third-order valence-electron chi connectivity index (χ3n) is 1.45. The largest absolute Gasteiger partial charge is 0.363 e. The van der Waals surface area contributed by atoms with Gasteiger partial charge in [-0.2, -0.15) is 0 Å². The summed E-state index contributed by atoms with van der Waals surface area (Å²) in [5, 5.41) is 13.8. The highest BCUT2D eigenvalue weighted by Crippen LogP contribution is 2.27. The van der Waals surface area contributed by atoms with Crippen LogP contribution in [0.5, 0.6) is 0 Å². The van der Waals surface area contributed by atoms with Gasteiger partial charge in [-0.3, -0.25) is 0 Å². The smallest absolute Gasteiger partial charge is 0.206 e. The van der Waals surface area contributed by atoms with Crippen LogP contribution in [0, 0.1) is 0 Å². The number of anilines is 1. The molecule has 0 aromatic carbocycles. The zero-order chi connectivity index (χ0) is 9.80. The van der Waals surface area contributed by atoms with Crippen molar-refractivity contribution < 1.29 is 0 Å². The zero-order valence-electron chi connectivity index (χ0n) is 7.43. The number of thiazole rings is 1. The average Bonchev–Trinajstić information content (AvgIpc) is 2.86. The van der Waals surface area contributed by atoms with Gasteiger partial charge in [-0.25, -0.2) is 4.98 Å². The van der Waals surface area contributed by atoms with Crippen molar-refractivity contribution in [2.24, 2.45) is 0 Å². The summed E-state index contributed by atoms with van der Waals surface area (Å²) < 4.78 is 0.974. The van der Waals surface area contributed by atoms with Gasteiger partial charge in [-0.1, -0.05) is 23.1 Å². The lowest BCUT2D eigenvalue weighted by molar-refractivity contribution is 1.01. The number of rotatable bonds is 4. The molecule has 74 valence electrons. The quantitative estimate of drug-likeness (QED) is 0.837. The molecular weight excluding hydrogens is 236 g/mol. The Bertz CT molecular complexity index is 383. The van der Waals surface area contributed by atoms with E-state index in [9.17, 15) is 0 Å². The summed E-state index contributed by atoms with van der Waals surface area (Å²) in [5.74, 6) is 0.863. The summed E-state index contributed by atoms with van der Waals surface area (Å²) in [6.45, 7) is 0. The Balaban J connectivity index is 1.92. The minimum absolute atomic E-state index is 0.853. The van der Waals surface area contributed by atoms with Gasteiger partial charge in [0.05, 0.1) is 11.2 Å². The summed E-state index contributed by atoms with van der Waals surface area (Å²) in [6.07, 6.45) is 0. The van der Waals surface area contributed by atoms with Gasteiger partial charge < -0.3 is 5.32 Å².